The van der Waals surface area contributed by atoms with Crippen LogP contribution in [0.2, 0.25) is 0 Å². The number of nitrogens with zero attached hydrogens (tertiary/aromatic N) is 1. The molecule has 2 aromatic rings. The first-order chi connectivity index (χ1) is 8.17. The molecule has 0 aliphatic carbocycles. The van der Waals surface area contributed by atoms with Gasteiger partial charge in [-0.05, 0) is 43.5 Å². The summed E-state index contributed by atoms with van der Waals surface area (Å²) in [5, 5.41) is 9.88. The number of carbonyl (C=O) groups excluding carboxylic acids is 1. The smallest absolute Gasteiger partial charge is 0.152 e. The average Bonchev–Trinajstić information content (AvgIpc) is 2.65. The van der Waals surface area contributed by atoms with Crippen LogP contribution in [0.3, 0.4) is 0 Å². The van der Waals surface area contributed by atoms with Crippen LogP contribution in [-0.2, 0) is 6.54 Å². The van der Waals surface area contributed by atoms with Gasteiger partial charge in [-0.25, -0.2) is 0 Å². The number of aromatic nitrogens is 1. The normalized spacial score (nSPS) is 11.0. The van der Waals surface area contributed by atoms with E-state index in [1.807, 2.05) is 10.8 Å². The second-order valence-electron chi connectivity index (χ2n) is 4.43. The number of hydrogen-bond acceptors (Lipinski definition) is 2. The summed E-state index contributed by atoms with van der Waals surface area (Å²) in [7, 11) is 0. The van der Waals surface area contributed by atoms with Crippen LogP contribution >= 0.6 is 0 Å². The maximum absolute atomic E-state index is 11.0. The molecule has 0 unspecified atom stereocenters. The van der Waals surface area contributed by atoms with Gasteiger partial charge in [0.2, 0.25) is 0 Å². The van der Waals surface area contributed by atoms with Crippen LogP contribution < -0.4 is 0 Å². The van der Waals surface area contributed by atoms with E-state index in [4.69, 9.17) is 5.11 Å². The zero-order valence-corrected chi connectivity index (χ0v) is 10.2. The van der Waals surface area contributed by atoms with Gasteiger partial charge in [-0.15, -0.1) is 0 Å². The number of hydrogen-bond donors (Lipinski definition) is 1. The minimum absolute atomic E-state index is 0.168. The van der Waals surface area contributed by atoms with Gasteiger partial charge in [-0.3, -0.25) is 4.79 Å². The number of rotatable bonds is 4. The van der Waals surface area contributed by atoms with Crippen LogP contribution in [0.5, 0.6) is 0 Å². The molecule has 0 bridgehead atoms. The lowest BCUT2D eigenvalue weighted by molar-refractivity contribution is 0.112. The van der Waals surface area contributed by atoms with Crippen molar-refractivity contribution in [2.45, 2.75) is 26.8 Å². The fourth-order valence-corrected chi connectivity index (χ4v) is 2.10. The molecular formula is C14H17NO2. The second-order valence-corrected chi connectivity index (χ2v) is 4.43. The highest BCUT2D eigenvalue weighted by molar-refractivity contribution is 5.98. The summed E-state index contributed by atoms with van der Waals surface area (Å²) >= 11 is 0. The van der Waals surface area contributed by atoms with Crippen LogP contribution in [0.25, 0.3) is 10.9 Å². The van der Waals surface area contributed by atoms with Gasteiger partial charge >= 0.3 is 0 Å². The Bertz CT molecular complexity index is 555. The second kappa shape index (κ2) is 4.72. The highest BCUT2D eigenvalue weighted by atomic mass is 16.3. The van der Waals surface area contributed by atoms with Gasteiger partial charge in [0, 0.05) is 35.8 Å². The van der Waals surface area contributed by atoms with Crippen LogP contribution in [-0.4, -0.2) is 22.6 Å². The molecule has 1 aromatic heterocycles. The van der Waals surface area contributed by atoms with E-state index >= 15 is 0 Å². The lowest BCUT2D eigenvalue weighted by Gasteiger charge is -2.06. The van der Waals surface area contributed by atoms with Gasteiger partial charge in [0.1, 0.15) is 0 Å². The van der Waals surface area contributed by atoms with E-state index in [9.17, 15) is 4.79 Å². The van der Waals surface area contributed by atoms with Gasteiger partial charge in [-0.1, -0.05) is 0 Å². The van der Waals surface area contributed by atoms with E-state index in [0.717, 1.165) is 29.3 Å². The summed E-state index contributed by atoms with van der Waals surface area (Å²) in [6.07, 6.45) is 3.47. The Balaban J connectivity index is 2.60. The Morgan fingerprint density at radius 1 is 1.29 bits per heavy atom. The number of benzene rings is 1. The van der Waals surface area contributed by atoms with Crippen molar-refractivity contribution in [1.29, 1.82) is 0 Å². The van der Waals surface area contributed by atoms with Gasteiger partial charge < -0.3 is 9.67 Å². The maximum Gasteiger partial charge on any atom is 0.152 e. The van der Waals surface area contributed by atoms with E-state index in [1.165, 1.54) is 11.1 Å². The summed E-state index contributed by atoms with van der Waals surface area (Å²) in [4.78, 5) is 11.0. The van der Waals surface area contributed by atoms with Gasteiger partial charge in [0.25, 0.3) is 0 Å². The summed E-state index contributed by atoms with van der Waals surface area (Å²) in [5.41, 5.74) is 4.21. The first-order valence-corrected chi connectivity index (χ1v) is 5.83. The van der Waals surface area contributed by atoms with Crippen molar-refractivity contribution in [2.75, 3.05) is 6.61 Å². The lowest BCUT2D eigenvalue weighted by Crippen LogP contribution is -1.98. The lowest BCUT2D eigenvalue weighted by atomic mass is 10.1. The molecule has 90 valence electrons. The SMILES string of the molecule is Cc1cc2c(C=O)cn(CCCO)c2cc1C. The average molecular weight is 231 g/mol. The molecule has 0 spiro atoms. The van der Waals surface area contributed by atoms with Crippen molar-refractivity contribution in [2.24, 2.45) is 0 Å². The van der Waals surface area contributed by atoms with Crippen LogP contribution in [0.1, 0.15) is 27.9 Å². The van der Waals surface area contributed by atoms with E-state index in [0.29, 0.717) is 6.42 Å². The largest absolute Gasteiger partial charge is 0.396 e. The fourth-order valence-electron chi connectivity index (χ4n) is 2.10. The third-order valence-electron chi connectivity index (χ3n) is 3.21. The van der Waals surface area contributed by atoms with E-state index in [1.54, 1.807) is 0 Å². The van der Waals surface area contributed by atoms with E-state index in [2.05, 4.69) is 26.0 Å². The monoisotopic (exact) mass is 231 g/mol. The molecule has 0 aliphatic heterocycles. The molecule has 2 rings (SSSR count). The Hall–Kier alpha value is -1.61. The van der Waals surface area contributed by atoms with Crippen molar-refractivity contribution in [1.82, 2.24) is 4.57 Å². The first-order valence-electron chi connectivity index (χ1n) is 5.83. The quantitative estimate of drug-likeness (QED) is 0.821. The predicted molar refractivity (Wildman–Crippen MR) is 68.5 cm³/mol. The maximum atomic E-state index is 11.0. The van der Waals surface area contributed by atoms with Crippen molar-refractivity contribution in [3.05, 3.63) is 35.0 Å². The Morgan fingerprint density at radius 3 is 2.65 bits per heavy atom. The number of aryl methyl sites for hydroxylation is 3. The molecule has 0 atom stereocenters. The minimum atomic E-state index is 0.168. The number of aldehydes is 1. The van der Waals surface area contributed by atoms with Gasteiger partial charge in [0.05, 0.1) is 0 Å². The number of fused-ring (bicyclic) bond motifs is 1. The van der Waals surface area contributed by atoms with Crippen LogP contribution in [0, 0.1) is 13.8 Å². The van der Waals surface area contributed by atoms with Crippen LogP contribution in [0.15, 0.2) is 18.3 Å². The molecule has 1 aromatic carbocycles. The molecular weight excluding hydrogens is 214 g/mol. The molecule has 0 aliphatic rings. The molecule has 0 saturated heterocycles. The molecule has 0 fully saturated rings. The highest BCUT2D eigenvalue weighted by Crippen LogP contribution is 2.24. The van der Waals surface area contributed by atoms with Crippen molar-refractivity contribution >= 4 is 17.2 Å². The Labute approximate surface area is 101 Å². The first kappa shape index (κ1) is 11.9. The van der Waals surface area contributed by atoms with Crippen molar-refractivity contribution in [3.8, 4) is 0 Å². The van der Waals surface area contributed by atoms with Gasteiger partial charge in [0.15, 0.2) is 6.29 Å². The third kappa shape index (κ3) is 2.11. The molecule has 1 N–H and O–H groups in total. The Kier molecular flexibility index (Phi) is 3.29. The number of aliphatic hydroxyl groups excluding tert-OH is 1. The van der Waals surface area contributed by atoms with Gasteiger partial charge in [-0.2, -0.15) is 0 Å². The molecule has 0 saturated carbocycles. The zero-order chi connectivity index (χ0) is 12.4. The topological polar surface area (TPSA) is 42.2 Å². The van der Waals surface area contributed by atoms with Crippen molar-refractivity contribution in [3.63, 3.8) is 0 Å². The van der Waals surface area contributed by atoms with Crippen molar-refractivity contribution < 1.29 is 9.90 Å². The van der Waals surface area contributed by atoms with E-state index < -0.39 is 0 Å². The molecule has 17 heavy (non-hydrogen) atoms. The third-order valence-corrected chi connectivity index (χ3v) is 3.21. The fraction of sp³-hybridized carbons (Fsp3) is 0.357. The zero-order valence-electron chi connectivity index (χ0n) is 10.2. The molecule has 3 nitrogen and oxygen atoms in total. The number of carbonyl (C=O) groups is 1. The summed E-state index contributed by atoms with van der Waals surface area (Å²) in [6.45, 7) is 5.03. The van der Waals surface area contributed by atoms with E-state index in [-0.39, 0.29) is 6.61 Å². The Morgan fingerprint density at radius 2 is 2.00 bits per heavy atom. The summed E-state index contributed by atoms with van der Waals surface area (Å²) < 4.78 is 2.04. The molecule has 0 amide bonds. The molecule has 1 heterocycles. The standard InChI is InChI=1S/C14H17NO2/c1-10-6-13-12(9-17)8-15(4-3-5-16)14(13)7-11(10)2/h6-9,16H,3-5H2,1-2H3. The summed E-state index contributed by atoms with van der Waals surface area (Å²) in [5.74, 6) is 0. The van der Waals surface area contributed by atoms with Crippen LogP contribution in [0.4, 0.5) is 0 Å². The highest BCUT2D eigenvalue weighted by Gasteiger charge is 2.09. The predicted octanol–water partition coefficient (Wildman–Crippen LogP) is 2.45. The number of aliphatic hydroxyl groups is 1. The molecule has 0 radical (unpaired) electrons. The minimum Gasteiger partial charge on any atom is -0.396 e. The summed E-state index contributed by atoms with van der Waals surface area (Å²) in [6, 6.07) is 4.17. The molecule has 3 heteroatoms.